The van der Waals surface area contributed by atoms with Gasteiger partial charge in [0.2, 0.25) is 11.8 Å². The summed E-state index contributed by atoms with van der Waals surface area (Å²) in [6.45, 7) is 15.1. The van der Waals surface area contributed by atoms with Crippen LogP contribution in [-0.2, 0) is 20.8 Å². The van der Waals surface area contributed by atoms with E-state index in [2.05, 4.69) is 24.1 Å². The molecule has 1 saturated heterocycles. The minimum absolute atomic E-state index is 0.00283. The summed E-state index contributed by atoms with van der Waals surface area (Å²) >= 11 is 0. The van der Waals surface area contributed by atoms with Crippen LogP contribution in [0, 0.1) is 22.0 Å². The number of hydrogen-bond donors (Lipinski definition) is 1. The molecule has 41 heavy (non-hydrogen) atoms. The van der Waals surface area contributed by atoms with Crippen molar-refractivity contribution < 1.29 is 19.3 Å². The molecule has 226 valence electrons. The van der Waals surface area contributed by atoms with Crippen LogP contribution in [0.1, 0.15) is 73.3 Å². The molecular weight excluding hydrogens is 522 g/mol. The lowest BCUT2D eigenvalue weighted by atomic mass is 9.95. The number of nitrogens with zero attached hydrogens (tertiary/aromatic N) is 4. The van der Waals surface area contributed by atoms with Gasteiger partial charge >= 0.3 is 0 Å². The molecule has 2 heterocycles. The number of non-ortho nitro benzene ring substituents is 1. The fourth-order valence-corrected chi connectivity index (χ4v) is 5.97. The third-order valence-electron chi connectivity index (χ3n) is 8.40. The summed E-state index contributed by atoms with van der Waals surface area (Å²) in [4.78, 5) is 57.0. The fraction of sp³-hybridized carbons (Fsp3) is 0.645. The van der Waals surface area contributed by atoms with Gasteiger partial charge < -0.3 is 15.1 Å². The van der Waals surface area contributed by atoms with Gasteiger partial charge in [-0.25, -0.2) is 0 Å². The molecule has 1 N–H and O–H groups in total. The van der Waals surface area contributed by atoms with E-state index in [1.165, 1.54) is 12.1 Å². The molecule has 0 aliphatic carbocycles. The Morgan fingerprint density at radius 1 is 1.07 bits per heavy atom. The summed E-state index contributed by atoms with van der Waals surface area (Å²) in [6.07, 6.45) is 5.27. The largest absolute Gasteiger partial charge is 0.343 e. The predicted octanol–water partition coefficient (Wildman–Crippen LogP) is 4.32. The first kappa shape index (κ1) is 32.2. The minimum Gasteiger partial charge on any atom is -0.343 e. The second kappa shape index (κ2) is 13.6. The fourth-order valence-electron chi connectivity index (χ4n) is 5.97. The molecule has 0 aromatic heterocycles. The molecule has 0 spiro atoms. The molecule has 0 bridgehead atoms. The molecule has 2 aliphatic heterocycles. The maximum Gasteiger partial charge on any atom is 0.271 e. The smallest absolute Gasteiger partial charge is 0.271 e. The highest BCUT2D eigenvalue weighted by molar-refractivity contribution is 6.06. The van der Waals surface area contributed by atoms with Crippen molar-refractivity contribution in [2.45, 2.75) is 98.3 Å². The minimum atomic E-state index is -0.694. The van der Waals surface area contributed by atoms with Crippen molar-refractivity contribution in [1.82, 2.24) is 15.1 Å². The number of fused-ring (bicyclic) bond motifs is 1. The Balaban J connectivity index is 1.80. The van der Waals surface area contributed by atoms with Crippen LogP contribution in [0.5, 0.6) is 0 Å². The van der Waals surface area contributed by atoms with Crippen LogP contribution in [0.3, 0.4) is 0 Å². The lowest BCUT2D eigenvalue weighted by molar-refractivity contribution is -0.384. The van der Waals surface area contributed by atoms with Gasteiger partial charge in [0, 0.05) is 37.3 Å². The molecule has 3 rings (SSSR count). The number of piperidine rings is 1. The molecule has 3 amide bonds. The quantitative estimate of drug-likeness (QED) is 0.255. The van der Waals surface area contributed by atoms with Crippen LogP contribution in [0.4, 0.5) is 11.4 Å². The molecule has 0 radical (unpaired) electrons. The van der Waals surface area contributed by atoms with Crippen molar-refractivity contribution >= 4 is 29.1 Å². The van der Waals surface area contributed by atoms with Crippen LogP contribution in [0.25, 0.3) is 0 Å². The summed E-state index contributed by atoms with van der Waals surface area (Å²) in [5.41, 5.74) is 1.86. The number of likely N-dealkylation sites (N-methyl/N-ethyl adjacent to an activating group) is 1. The van der Waals surface area contributed by atoms with Crippen molar-refractivity contribution in [2.75, 3.05) is 25.0 Å². The first-order valence-electron chi connectivity index (χ1n) is 14.8. The molecule has 3 unspecified atom stereocenters. The van der Waals surface area contributed by atoms with E-state index in [0.717, 1.165) is 31.4 Å². The highest BCUT2D eigenvalue weighted by atomic mass is 16.6. The average Bonchev–Trinajstić information content (AvgIpc) is 3.36. The Labute approximate surface area is 244 Å². The monoisotopic (exact) mass is 569 g/mol. The van der Waals surface area contributed by atoms with Gasteiger partial charge in [-0.2, -0.15) is 0 Å². The number of nitro benzene ring substituents is 1. The van der Waals surface area contributed by atoms with Crippen molar-refractivity contribution in [3.05, 3.63) is 45.5 Å². The van der Waals surface area contributed by atoms with E-state index in [1.54, 1.807) is 35.9 Å². The topological polar surface area (TPSA) is 116 Å². The zero-order valence-corrected chi connectivity index (χ0v) is 25.8. The molecule has 1 aromatic carbocycles. The van der Waals surface area contributed by atoms with Gasteiger partial charge in [0.15, 0.2) is 0 Å². The second-order valence-corrected chi connectivity index (χ2v) is 12.4. The van der Waals surface area contributed by atoms with Crippen molar-refractivity contribution in [1.29, 1.82) is 0 Å². The average molecular weight is 570 g/mol. The third kappa shape index (κ3) is 7.33. The van der Waals surface area contributed by atoms with Gasteiger partial charge in [-0.1, -0.05) is 46.3 Å². The van der Waals surface area contributed by atoms with E-state index in [9.17, 15) is 24.5 Å². The Morgan fingerprint density at radius 3 is 2.34 bits per heavy atom. The number of nitrogens with one attached hydrogen (secondary N) is 1. The van der Waals surface area contributed by atoms with Crippen LogP contribution in [0.15, 0.2) is 29.8 Å². The highest BCUT2D eigenvalue weighted by Gasteiger charge is 2.36. The zero-order valence-electron chi connectivity index (χ0n) is 25.8. The normalized spacial score (nSPS) is 19.3. The number of carbonyl (C=O) groups excluding carboxylic acids is 3. The third-order valence-corrected chi connectivity index (χ3v) is 8.40. The first-order valence-corrected chi connectivity index (χ1v) is 14.8. The number of likely N-dealkylation sites (tertiary alicyclic amines) is 1. The van der Waals surface area contributed by atoms with Gasteiger partial charge in [0.05, 0.1) is 22.7 Å². The van der Waals surface area contributed by atoms with E-state index in [4.69, 9.17) is 0 Å². The molecular formula is C31H47N5O5. The standard InChI is InChI=1S/C31H47N5O5/c1-19(2)26(17-22(7)30(38)35-16-14-23-12-13-24(36(40)41)18-27(23)35)33(8)31(39)28(20(3)4)32-29(37)25-11-9-10-15-34(25)21(5)6/h12-13,17-21,25-26,28H,9-11,14-16H2,1-8H3,(H,32,37)/b22-17+. The number of carbonyl (C=O) groups is 3. The number of hydrogen-bond acceptors (Lipinski definition) is 6. The van der Waals surface area contributed by atoms with Gasteiger partial charge in [-0.3, -0.25) is 29.4 Å². The van der Waals surface area contributed by atoms with Crippen LogP contribution in [-0.4, -0.2) is 76.7 Å². The van der Waals surface area contributed by atoms with Crippen molar-refractivity contribution in [3.63, 3.8) is 0 Å². The Morgan fingerprint density at radius 2 is 1.76 bits per heavy atom. The molecule has 1 fully saturated rings. The van der Waals surface area contributed by atoms with E-state index in [-0.39, 0.29) is 47.3 Å². The number of anilines is 1. The van der Waals surface area contributed by atoms with E-state index in [0.29, 0.717) is 24.2 Å². The lowest BCUT2D eigenvalue weighted by Gasteiger charge is -2.39. The first-order chi connectivity index (χ1) is 19.2. The van der Waals surface area contributed by atoms with Crippen LogP contribution < -0.4 is 10.2 Å². The zero-order chi connectivity index (χ0) is 30.6. The summed E-state index contributed by atoms with van der Waals surface area (Å²) in [5.74, 6) is -0.671. The van der Waals surface area contributed by atoms with Gasteiger partial charge in [0.1, 0.15) is 6.04 Å². The summed E-state index contributed by atoms with van der Waals surface area (Å²) in [6, 6.07) is 3.53. The van der Waals surface area contributed by atoms with Gasteiger partial charge in [-0.05, 0) is 64.0 Å². The Kier molecular flexibility index (Phi) is 10.7. The van der Waals surface area contributed by atoms with E-state index in [1.807, 2.05) is 27.7 Å². The lowest BCUT2D eigenvalue weighted by Crippen LogP contribution is -2.58. The Hall–Kier alpha value is -3.27. The maximum atomic E-state index is 13.8. The van der Waals surface area contributed by atoms with Crippen molar-refractivity contribution in [3.8, 4) is 0 Å². The molecule has 3 atom stereocenters. The summed E-state index contributed by atoms with van der Waals surface area (Å²) < 4.78 is 0. The number of benzene rings is 1. The summed E-state index contributed by atoms with van der Waals surface area (Å²) in [5, 5.41) is 14.4. The molecule has 1 aromatic rings. The molecule has 0 saturated carbocycles. The number of rotatable bonds is 10. The SMILES string of the molecule is C/C(=C\C(C(C)C)N(C)C(=O)C(NC(=O)C1CCCCN1C(C)C)C(C)C)C(=O)N1CCc2ccc([N+](=O)[O-])cc21. The van der Waals surface area contributed by atoms with Crippen molar-refractivity contribution in [2.24, 2.45) is 11.8 Å². The number of nitro groups is 1. The van der Waals surface area contributed by atoms with Crippen LogP contribution >= 0.6 is 0 Å². The summed E-state index contributed by atoms with van der Waals surface area (Å²) in [7, 11) is 1.72. The van der Waals surface area contributed by atoms with Gasteiger partial charge in [0.25, 0.3) is 11.6 Å². The second-order valence-electron chi connectivity index (χ2n) is 12.4. The molecule has 10 nitrogen and oxygen atoms in total. The maximum absolute atomic E-state index is 13.8. The molecule has 10 heteroatoms. The number of amides is 3. The highest BCUT2D eigenvalue weighted by Crippen LogP contribution is 2.33. The predicted molar refractivity (Wildman–Crippen MR) is 161 cm³/mol. The van der Waals surface area contributed by atoms with Gasteiger partial charge in [-0.15, -0.1) is 0 Å². The van der Waals surface area contributed by atoms with E-state index < -0.39 is 17.0 Å². The molecule has 2 aliphatic rings. The van der Waals surface area contributed by atoms with E-state index >= 15 is 0 Å². The Bertz CT molecular complexity index is 1180. The van der Waals surface area contributed by atoms with Crippen LogP contribution in [0.2, 0.25) is 0 Å².